The number of piperidine rings is 1. The van der Waals surface area contributed by atoms with Gasteiger partial charge in [0.25, 0.3) is 0 Å². The van der Waals surface area contributed by atoms with Crippen LogP contribution in [-0.4, -0.2) is 51.3 Å². The van der Waals surface area contributed by atoms with E-state index in [9.17, 15) is 4.79 Å². The van der Waals surface area contributed by atoms with Crippen LogP contribution in [0.1, 0.15) is 36.3 Å². The van der Waals surface area contributed by atoms with Gasteiger partial charge in [0.2, 0.25) is 5.91 Å². The first-order chi connectivity index (χ1) is 13.3. The quantitative estimate of drug-likeness (QED) is 0.836. The average Bonchev–Trinajstić information content (AvgIpc) is 3.14. The number of nitrogens with one attached hydrogen (secondary N) is 1. The summed E-state index contributed by atoms with van der Waals surface area (Å²) in [7, 11) is 0. The Kier molecular flexibility index (Phi) is 5.79. The Morgan fingerprint density at radius 1 is 1.30 bits per heavy atom. The lowest BCUT2D eigenvalue weighted by molar-refractivity contribution is -0.135. The number of rotatable bonds is 6. The van der Waals surface area contributed by atoms with Crippen molar-refractivity contribution in [2.24, 2.45) is 0 Å². The first-order valence-electron chi connectivity index (χ1n) is 9.83. The molecule has 4 heterocycles. The van der Waals surface area contributed by atoms with Gasteiger partial charge in [-0.1, -0.05) is 6.07 Å². The molecule has 1 unspecified atom stereocenters. The molecule has 7 nitrogen and oxygen atoms in total. The lowest BCUT2D eigenvalue weighted by Gasteiger charge is -2.32. The Balaban J connectivity index is 1.25. The first kappa shape index (κ1) is 18.1. The van der Waals surface area contributed by atoms with Crippen molar-refractivity contribution in [2.45, 2.75) is 51.5 Å². The predicted octanol–water partition coefficient (Wildman–Crippen LogP) is 1.52. The summed E-state index contributed by atoms with van der Waals surface area (Å²) in [6, 6.07) is 7.95. The van der Waals surface area contributed by atoms with Gasteiger partial charge >= 0.3 is 0 Å². The minimum atomic E-state index is 0.0932. The lowest BCUT2D eigenvalue weighted by Crippen LogP contribution is -2.43. The number of nitrogens with zero attached hydrogens (tertiary/aromatic N) is 4. The van der Waals surface area contributed by atoms with Crippen molar-refractivity contribution in [3.8, 4) is 0 Å². The van der Waals surface area contributed by atoms with Crippen molar-refractivity contribution < 1.29 is 9.53 Å². The number of aryl methyl sites for hydroxylation is 1. The Morgan fingerprint density at radius 3 is 3.11 bits per heavy atom. The van der Waals surface area contributed by atoms with Gasteiger partial charge in [0.05, 0.1) is 36.3 Å². The number of pyridine rings is 1. The molecule has 1 fully saturated rings. The van der Waals surface area contributed by atoms with E-state index in [1.54, 1.807) is 6.20 Å². The van der Waals surface area contributed by atoms with Gasteiger partial charge in [0.1, 0.15) is 0 Å². The van der Waals surface area contributed by atoms with Gasteiger partial charge in [-0.25, -0.2) is 0 Å². The van der Waals surface area contributed by atoms with Gasteiger partial charge in [-0.15, -0.1) is 0 Å². The third-order valence-corrected chi connectivity index (χ3v) is 5.24. The molecule has 1 atom stereocenters. The van der Waals surface area contributed by atoms with E-state index in [1.165, 1.54) is 5.69 Å². The highest BCUT2D eigenvalue weighted by Gasteiger charge is 2.24. The standard InChI is InChI=1S/C20H27N5O2/c26-20(7-6-16-12-18-13-21-9-11-25(18)23-16)24-10-3-5-19(14-24)27-15-17-4-1-2-8-22-17/h1-2,4,8,12,19,21H,3,5-7,9-11,13-15H2. The Hall–Kier alpha value is -2.25. The number of carbonyl (C=O) groups is 1. The Morgan fingerprint density at radius 2 is 2.26 bits per heavy atom. The van der Waals surface area contributed by atoms with Crippen molar-refractivity contribution in [3.63, 3.8) is 0 Å². The van der Waals surface area contributed by atoms with E-state index in [2.05, 4.69) is 26.1 Å². The smallest absolute Gasteiger partial charge is 0.223 e. The first-order valence-corrected chi connectivity index (χ1v) is 9.83. The summed E-state index contributed by atoms with van der Waals surface area (Å²) >= 11 is 0. The number of fused-ring (bicyclic) bond motifs is 1. The average molecular weight is 369 g/mol. The third kappa shape index (κ3) is 4.73. The molecule has 1 saturated heterocycles. The van der Waals surface area contributed by atoms with E-state index in [-0.39, 0.29) is 12.0 Å². The molecule has 0 bridgehead atoms. The van der Waals surface area contributed by atoms with Crippen molar-refractivity contribution in [1.29, 1.82) is 0 Å². The molecular formula is C20H27N5O2. The number of amides is 1. The summed E-state index contributed by atoms with van der Waals surface area (Å²) in [5.41, 5.74) is 3.16. The van der Waals surface area contributed by atoms with Crippen LogP contribution in [0.5, 0.6) is 0 Å². The molecule has 0 aliphatic carbocycles. The zero-order chi connectivity index (χ0) is 18.5. The SMILES string of the molecule is O=C(CCc1cc2n(n1)CCNC2)N1CCCC(OCc2ccccn2)C1. The highest BCUT2D eigenvalue weighted by molar-refractivity contribution is 5.76. The highest BCUT2D eigenvalue weighted by atomic mass is 16.5. The minimum Gasteiger partial charge on any atom is -0.370 e. The molecule has 0 radical (unpaired) electrons. The van der Waals surface area contributed by atoms with E-state index >= 15 is 0 Å². The van der Waals surface area contributed by atoms with E-state index in [4.69, 9.17) is 4.74 Å². The summed E-state index contributed by atoms with van der Waals surface area (Å²) in [6.45, 7) is 4.73. The van der Waals surface area contributed by atoms with Crippen LogP contribution in [-0.2, 0) is 35.6 Å². The molecule has 1 amide bonds. The number of carbonyl (C=O) groups excluding carboxylic acids is 1. The van der Waals surface area contributed by atoms with E-state index < -0.39 is 0 Å². The second-order valence-electron chi connectivity index (χ2n) is 7.26. The van der Waals surface area contributed by atoms with Gasteiger partial charge in [-0.2, -0.15) is 5.10 Å². The normalized spacial score (nSPS) is 19.7. The number of hydrogen-bond donors (Lipinski definition) is 1. The number of ether oxygens (including phenoxy) is 1. The molecule has 2 aliphatic heterocycles. The molecule has 2 aromatic rings. The van der Waals surface area contributed by atoms with Crippen molar-refractivity contribution in [2.75, 3.05) is 19.6 Å². The largest absolute Gasteiger partial charge is 0.370 e. The molecule has 27 heavy (non-hydrogen) atoms. The van der Waals surface area contributed by atoms with Gasteiger partial charge in [0.15, 0.2) is 0 Å². The van der Waals surface area contributed by atoms with Crippen LogP contribution in [0.3, 0.4) is 0 Å². The molecule has 2 aromatic heterocycles. The molecule has 4 rings (SSSR count). The lowest BCUT2D eigenvalue weighted by atomic mass is 10.1. The van der Waals surface area contributed by atoms with Gasteiger partial charge in [0, 0.05) is 45.2 Å². The Labute approximate surface area is 159 Å². The molecule has 0 spiro atoms. The third-order valence-electron chi connectivity index (χ3n) is 5.24. The van der Waals surface area contributed by atoms with Crippen LogP contribution in [0.15, 0.2) is 30.5 Å². The van der Waals surface area contributed by atoms with Crippen molar-refractivity contribution in [1.82, 2.24) is 25.0 Å². The maximum absolute atomic E-state index is 12.6. The second kappa shape index (κ2) is 8.63. The summed E-state index contributed by atoms with van der Waals surface area (Å²) in [5, 5.41) is 7.97. The van der Waals surface area contributed by atoms with Crippen molar-refractivity contribution >= 4 is 5.91 Å². The van der Waals surface area contributed by atoms with Crippen LogP contribution >= 0.6 is 0 Å². The second-order valence-corrected chi connectivity index (χ2v) is 7.26. The maximum Gasteiger partial charge on any atom is 0.223 e. The zero-order valence-corrected chi connectivity index (χ0v) is 15.6. The zero-order valence-electron chi connectivity index (χ0n) is 15.6. The molecular weight excluding hydrogens is 342 g/mol. The molecule has 0 aromatic carbocycles. The van der Waals surface area contributed by atoms with Crippen LogP contribution in [0.4, 0.5) is 0 Å². The van der Waals surface area contributed by atoms with E-state index in [1.807, 2.05) is 23.1 Å². The monoisotopic (exact) mass is 369 g/mol. The number of likely N-dealkylation sites (tertiary alicyclic amines) is 1. The highest BCUT2D eigenvalue weighted by Crippen LogP contribution is 2.17. The fourth-order valence-corrected chi connectivity index (χ4v) is 3.76. The summed E-state index contributed by atoms with van der Waals surface area (Å²) in [6.07, 6.45) is 5.07. The van der Waals surface area contributed by atoms with E-state index in [0.29, 0.717) is 26.0 Å². The van der Waals surface area contributed by atoms with E-state index in [0.717, 1.165) is 50.4 Å². The number of aromatic nitrogens is 3. The summed E-state index contributed by atoms with van der Waals surface area (Å²) in [4.78, 5) is 18.9. The molecule has 0 saturated carbocycles. The van der Waals surface area contributed by atoms with Crippen LogP contribution in [0.2, 0.25) is 0 Å². The van der Waals surface area contributed by atoms with Gasteiger partial charge < -0.3 is 15.0 Å². The molecule has 144 valence electrons. The van der Waals surface area contributed by atoms with Gasteiger partial charge in [-0.3, -0.25) is 14.5 Å². The van der Waals surface area contributed by atoms with Crippen molar-refractivity contribution in [3.05, 3.63) is 47.5 Å². The van der Waals surface area contributed by atoms with Gasteiger partial charge in [-0.05, 0) is 31.0 Å². The molecule has 7 heteroatoms. The van der Waals surface area contributed by atoms with Crippen LogP contribution in [0, 0.1) is 0 Å². The predicted molar refractivity (Wildman–Crippen MR) is 101 cm³/mol. The van der Waals surface area contributed by atoms with Crippen LogP contribution < -0.4 is 5.32 Å². The fraction of sp³-hybridized carbons (Fsp3) is 0.550. The van der Waals surface area contributed by atoms with Crippen LogP contribution in [0.25, 0.3) is 0 Å². The number of hydrogen-bond acceptors (Lipinski definition) is 5. The fourth-order valence-electron chi connectivity index (χ4n) is 3.76. The maximum atomic E-state index is 12.6. The minimum absolute atomic E-state index is 0.0932. The summed E-state index contributed by atoms with van der Waals surface area (Å²) < 4.78 is 8.04. The Bertz CT molecular complexity index is 737. The topological polar surface area (TPSA) is 72.3 Å². The molecule has 1 N–H and O–H groups in total. The molecule has 2 aliphatic rings. The summed E-state index contributed by atoms with van der Waals surface area (Å²) in [5.74, 6) is 0.199.